The van der Waals surface area contributed by atoms with Gasteiger partial charge < -0.3 is 10.5 Å². The Morgan fingerprint density at radius 3 is 2.60 bits per heavy atom. The highest BCUT2D eigenvalue weighted by Gasteiger charge is 2.15. The van der Waals surface area contributed by atoms with Crippen LogP contribution < -0.4 is 5.73 Å². The minimum Gasteiger partial charge on any atom is -0.374 e. The standard InChI is InChI=1S/C13H19NO/c14-9-8-11-4-6-12(7-5-11)13-3-1-2-10-15-13/h4-7,13H,1-3,8-10,14H2. The van der Waals surface area contributed by atoms with Crippen molar-refractivity contribution in [3.05, 3.63) is 35.4 Å². The summed E-state index contributed by atoms with van der Waals surface area (Å²) in [6, 6.07) is 8.70. The van der Waals surface area contributed by atoms with Gasteiger partial charge in [-0.25, -0.2) is 0 Å². The fourth-order valence-electron chi connectivity index (χ4n) is 2.07. The number of hydrogen-bond acceptors (Lipinski definition) is 2. The van der Waals surface area contributed by atoms with Crippen molar-refractivity contribution >= 4 is 0 Å². The quantitative estimate of drug-likeness (QED) is 0.822. The van der Waals surface area contributed by atoms with Gasteiger partial charge in [-0.2, -0.15) is 0 Å². The zero-order chi connectivity index (χ0) is 10.5. The summed E-state index contributed by atoms with van der Waals surface area (Å²) < 4.78 is 5.74. The molecule has 2 nitrogen and oxygen atoms in total. The molecule has 0 radical (unpaired) electrons. The lowest BCUT2D eigenvalue weighted by Gasteiger charge is -2.23. The van der Waals surface area contributed by atoms with Gasteiger partial charge in [0.1, 0.15) is 0 Å². The van der Waals surface area contributed by atoms with E-state index in [1.54, 1.807) is 0 Å². The van der Waals surface area contributed by atoms with Crippen molar-refractivity contribution in [1.29, 1.82) is 0 Å². The number of rotatable bonds is 3. The van der Waals surface area contributed by atoms with Gasteiger partial charge in [0.05, 0.1) is 6.10 Å². The molecule has 1 aromatic carbocycles. The smallest absolute Gasteiger partial charge is 0.0824 e. The van der Waals surface area contributed by atoms with Gasteiger partial charge >= 0.3 is 0 Å². The van der Waals surface area contributed by atoms with Crippen molar-refractivity contribution in [2.75, 3.05) is 13.2 Å². The summed E-state index contributed by atoms with van der Waals surface area (Å²) in [5.41, 5.74) is 8.15. The fourth-order valence-corrected chi connectivity index (χ4v) is 2.07. The first kappa shape index (κ1) is 10.7. The number of ether oxygens (including phenoxy) is 1. The first-order valence-electron chi connectivity index (χ1n) is 5.80. The summed E-state index contributed by atoms with van der Waals surface area (Å²) in [4.78, 5) is 0. The van der Waals surface area contributed by atoms with E-state index in [4.69, 9.17) is 10.5 Å². The average Bonchev–Trinajstić information content (AvgIpc) is 2.32. The van der Waals surface area contributed by atoms with Crippen LogP contribution >= 0.6 is 0 Å². The van der Waals surface area contributed by atoms with Gasteiger partial charge in [-0.15, -0.1) is 0 Å². The molecule has 0 amide bonds. The van der Waals surface area contributed by atoms with Crippen molar-refractivity contribution < 1.29 is 4.74 Å². The second-order valence-electron chi connectivity index (χ2n) is 4.14. The molecule has 1 saturated heterocycles. The van der Waals surface area contributed by atoms with Gasteiger partial charge in [-0.1, -0.05) is 24.3 Å². The van der Waals surface area contributed by atoms with E-state index in [-0.39, 0.29) is 0 Å². The normalized spacial score (nSPS) is 21.5. The molecule has 0 bridgehead atoms. The predicted molar refractivity (Wildman–Crippen MR) is 61.7 cm³/mol. The highest BCUT2D eigenvalue weighted by molar-refractivity contribution is 5.24. The Hall–Kier alpha value is -0.860. The fraction of sp³-hybridized carbons (Fsp3) is 0.538. The molecule has 2 N–H and O–H groups in total. The average molecular weight is 205 g/mol. The monoisotopic (exact) mass is 205 g/mol. The van der Waals surface area contributed by atoms with Crippen molar-refractivity contribution in [3.8, 4) is 0 Å². The molecule has 1 atom stereocenters. The molecule has 1 aliphatic rings. The van der Waals surface area contributed by atoms with Gasteiger partial charge in [-0.05, 0) is 43.4 Å². The van der Waals surface area contributed by atoms with Gasteiger partial charge in [0.15, 0.2) is 0 Å². The van der Waals surface area contributed by atoms with Crippen LogP contribution in [0.3, 0.4) is 0 Å². The number of benzene rings is 1. The molecule has 0 aromatic heterocycles. The molecule has 1 unspecified atom stereocenters. The van der Waals surface area contributed by atoms with E-state index in [0.29, 0.717) is 6.10 Å². The van der Waals surface area contributed by atoms with Crippen LogP contribution in [0.2, 0.25) is 0 Å². The van der Waals surface area contributed by atoms with E-state index < -0.39 is 0 Å². The molecule has 0 spiro atoms. The minimum atomic E-state index is 0.325. The lowest BCUT2D eigenvalue weighted by molar-refractivity contribution is 0.0149. The summed E-state index contributed by atoms with van der Waals surface area (Å²) in [5, 5.41) is 0. The molecule has 1 heterocycles. The summed E-state index contributed by atoms with van der Waals surface area (Å²) in [6.45, 7) is 1.63. The van der Waals surface area contributed by atoms with Crippen LogP contribution in [0, 0.1) is 0 Å². The number of hydrogen-bond donors (Lipinski definition) is 1. The molecule has 0 saturated carbocycles. The predicted octanol–water partition coefficient (Wildman–Crippen LogP) is 2.43. The Bertz CT molecular complexity index is 288. The zero-order valence-electron chi connectivity index (χ0n) is 9.11. The van der Waals surface area contributed by atoms with Crippen LogP contribution in [0.15, 0.2) is 24.3 Å². The summed E-state index contributed by atoms with van der Waals surface area (Å²) in [5.74, 6) is 0. The van der Waals surface area contributed by atoms with Crippen LogP contribution in [-0.2, 0) is 11.2 Å². The van der Waals surface area contributed by atoms with Crippen molar-refractivity contribution in [1.82, 2.24) is 0 Å². The largest absolute Gasteiger partial charge is 0.374 e. The van der Waals surface area contributed by atoms with E-state index >= 15 is 0 Å². The van der Waals surface area contributed by atoms with Crippen LogP contribution in [-0.4, -0.2) is 13.2 Å². The second-order valence-corrected chi connectivity index (χ2v) is 4.14. The zero-order valence-corrected chi connectivity index (χ0v) is 9.11. The van der Waals surface area contributed by atoms with Crippen LogP contribution in [0.25, 0.3) is 0 Å². The van der Waals surface area contributed by atoms with Crippen LogP contribution in [0.4, 0.5) is 0 Å². The van der Waals surface area contributed by atoms with Crippen molar-refractivity contribution in [3.63, 3.8) is 0 Å². The Labute approximate surface area is 91.4 Å². The molecule has 15 heavy (non-hydrogen) atoms. The van der Waals surface area contributed by atoms with Gasteiger partial charge in [-0.3, -0.25) is 0 Å². The topological polar surface area (TPSA) is 35.2 Å². The van der Waals surface area contributed by atoms with E-state index in [0.717, 1.165) is 26.0 Å². The SMILES string of the molecule is NCCc1ccc(C2CCCCO2)cc1. The molecule has 1 fully saturated rings. The summed E-state index contributed by atoms with van der Waals surface area (Å²) in [7, 11) is 0. The van der Waals surface area contributed by atoms with E-state index in [1.165, 1.54) is 24.0 Å². The molecule has 1 aliphatic heterocycles. The third-order valence-electron chi connectivity index (χ3n) is 2.96. The summed E-state index contributed by atoms with van der Waals surface area (Å²) in [6.07, 6.45) is 4.95. The maximum Gasteiger partial charge on any atom is 0.0824 e. The first-order chi connectivity index (χ1) is 7.40. The van der Waals surface area contributed by atoms with Gasteiger partial charge in [0, 0.05) is 6.61 Å². The van der Waals surface area contributed by atoms with Crippen LogP contribution in [0.1, 0.15) is 36.5 Å². The van der Waals surface area contributed by atoms with E-state index in [9.17, 15) is 0 Å². The number of nitrogens with two attached hydrogens (primary N) is 1. The Morgan fingerprint density at radius 2 is 2.00 bits per heavy atom. The molecule has 1 aromatic rings. The Balaban J connectivity index is 2.02. The van der Waals surface area contributed by atoms with Gasteiger partial charge in [0.25, 0.3) is 0 Å². The molecular weight excluding hydrogens is 186 g/mol. The van der Waals surface area contributed by atoms with Gasteiger partial charge in [0.2, 0.25) is 0 Å². The molecule has 0 aliphatic carbocycles. The molecule has 2 rings (SSSR count). The van der Waals surface area contributed by atoms with Crippen molar-refractivity contribution in [2.24, 2.45) is 5.73 Å². The first-order valence-corrected chi connectivity index (χ1v) is 5.80. The maximum absolute atomic E-state index is 5.74. The third-order valence-corrected chi connectivity index (χ3v) is 2.96. The van der Waals surface area contributed by atoms with Crippen LogP contribution in [0.5, 0.6) is 0 Å². The van der Waals surface area contributed by atoms with E-state index in [1.807, 2.05) is 0 Å². The highest BCUT2D eigenvalue weighted by atomic mass is 16.5. The van der Waals surface area contributed by atoms with E-state index in [2.05, 4.69) is 24.3 Å². The minimum absolute atomic E-state index is 0.325. The summed E-state index contributed by atoms with van der Waals surface area (Å²) >= 11 is 0. The third kappa shape index (κ3) is 2.80. The lowest BCUT2D eigenvalue weighted by atomic mass is 10.00. The molecule has 2 heteroatoms. The van der Waals surface area contributed by atoms with Crippen molar-refractivity contribution in [2.45, 2.75) is 31.8 Å². The molecular formula is C13H19NO. The highest BCUT2D eigenvalue weighted by Crippen LogP contribution is 2.27. The lowest BCUT2D eigenvalue weighted by Crippen LogP contribution is -2.11. The maximum atomic E-state index is 5.74. The Morgan fingerprint density at radius 1 is 1.20 bits per heavy atom. The molecule has 82 valence electrons. The Kier molecular flexibility index (Phi) is 3.75. The second kappa shape index (κ2) is 5.29.